The molecule has 10 aromatic rings. The van der Waals surface area contributed by atoms with Crippen molar-refractivity contribution in [2.45, 2.75) is 20.6 Å². The van der Waals surface area contributed by atoms with Crippen LogP contribution in [0.3, 0.4) is 0 Å². The molecular weight excluding hydrogens is 591 g/mol. The van der Waals surface area contributed by atoms with Crippen molar-refractivity contribution in [3.8, 4) is 17.2 Å². The Labute approximate surface area is 283 Å². The molecule has 3 heterocycles. The van der Waals surface area contributed by atoms with Gasteiger partial charge in [-0.2, -0.15) is 0 Å². The van der Waals surface area contributed by atoms with Gasteiger partial charge in [0.15, 0.2) is 0 Å². The van der Waals surface area contributed by atoms with Gasteiger partial charge in [0.05, 0.1) is 26.9 Å². The minimum Gasteiger partial charge on any atom is -0.276 e. The molecule has 0 atom stereocenters. The van der Waals surface area contributed by atoms with Crippen LogP contribution in [0.5, 0.6) is 0 Å². The van der Waals surface area contributed by atoms with E-state index in [4.69, 9.17) is 18.2 Å². The molecule has 3 aromatic heterocycles. The van der Waals surface area contributed by atoms with Crippen LogP contribution in [-0.2, 0) is 0 Å². The molecule has 0 saturated heterocycles. The number of fused-ring (bicyclic) bond motifs is 13. The number of para-hydroxylation sites is 1. The summed E-state index contributed by atoms with van der Waals surface area (Å²) in [6, 6.07) is 40.2. The van der Waals surface area contributed by atoms with E-state index in [1.807, 2.05) is 24.3 Å². The lowest BCUT2D eigenvalue weighted by atomic mass is 9.95. The molecule has 0 fully saturated rings. The third-order valence-electron chi connectivity index (χ3n) is 9.50. The van der Waals surface area contributed by atoms with Crippen molar-refractivity contribution in [1.82, 2.24) is 14.5 Å². The summed E-state index contributed by atoms with van der Waals surface area (Å²) in [6.45, 7) is -3.33. The molecule has 7 aromatic carbocycles. The van der Waals surface area contributed by atoms with Gasteiger partial charge < -0.3 is 0 Å². The first-order valence-corrected chi connectivity index (χ1v) is 16.4. The SMILES string of the molecule is [2H]C([2H])([2H])c1cc(C)c(-c2nc(-n3c4ccc5ccccc5c4c4c5ccccc5c5c6ccccc6sc5c43)nc3ccccc23)c(C([2H])([2H])[2H])c1. The van der Waals surface area contributed by atoms with Gasteiger partial charge in [0.1, 0.15) is 0 Å². The summed E-state index contributed by atoms with van der Waals surface area (Å²) in [4.78, 5) is 10.6. The molecule has 222 valence electrons. The second-order valence-corrected chi connectivity index (χ2v) is 13.2. The Bertz CT molecular complexity index is 3170. The molecule has 0 saturated carbocycles. The average Bonchev–Trinajstić information content (AvgIpc) is 3.71. The largest absolute Gasteiger partial charge is 0.276 e. The first-order chi connectivity index (χ1) is 25.5. The molecule has 0 aliphatic rings. The monoisotopic (exact) mass is 625 g/mol. The van der Waals surface area contributed by atoms with Crippen LogP contribution in [0.15, 0.2) is 121 Å². The number of thiophene rings is 1. The highest BCUT2D eigenvalue weighted by Gasteiger charge is 2.25. The summed E-state index contributed by atoms with van der Waals surface area (Å²) >= 11 is 1.75. The number of benzene rings is 7. The van der Waals surface area contributed by atoms with E-state index in [-0.39, 0.29) is 11.1 Å². The first kappa shape index (κ1) is 21.3. The predicted octanol–water partition coefficient (Wildman–Crippen LogP) is 12.0. The lowest BCUT2D eigenvalue weighted by Crippen LogP contribution is -2.05. The molecule has 0 amide bonds. The minimum absolute atomic E-state index is 0.0169. The zero-order valence-corrected chi connectivity index (χ0v) is 26.1. The van der Waals surface area contributed by atoms with E-state index >= 15 is 0 Å². The van der Waals surface area contributed by atoms with Crippen LogP contribution in [0, 0.1) is 20.6 Å². The lowest BCUT2D eigenvalue weighted by molar-refractivity contribution is 1.02. The Hall–Kier alpha value is -5.58. The Kier molecular flexibility index (Phi) is 4.39. The Morgan fingerprint density at radius 3 is 2.15 bits per heavy atom. The highest BCUT2D eigenvalue weighted by Crippen LogP contribution is 2.49. The summed E-state index contributed by atoms with van der Waals surface area (Å²) in [5.74, 6) is 0.402. The summed E-state index contributed by atoms with van der Waals surface area (Å²) in [6.07, 6.45) is 0. The molecule has 3 nitrogen and oxygen atoms in total. The molecule has 4 heteroatoms. The Balaban J connectivity index is 1.43. The lowest BCUT2D eigenvalue weighted by Gasteiger charge is -2.16. The second kappa shape index (κ2) is 9.71. The van der Waals surface area contributed by atoms with E-state index in [1.54, 1.807) is 24.3 Å². The fraction of sp³-hybridized carbons (Fsp3) is 0.0698. The van der Waals surface area contributed by atoms with Crippen molar-refractivity contribution in [3.05, 3.63) is 138 Å². The minimum atomic E-state index is -2.61. The fourth-order valence-electron chi connectivity index (χ4n) is 7.60. The first-order valence-electron chi connectivity index (χ1n) is 18.6. The van der Waals surface area contributed by atoms with Crippen LogP contribution >= 0.6 is 11.3 Å². The zero-order valence-electron chi connectivity index (χ0n) is 31.3. The van der Waals surface area contributed by atoms with E-state index in [9.17, 15) is 0 Å². The van der Waals surface area contributed by atoms with Gasteiger partial charge in [-0.1, -0.05) is 109 Å². The van der Waals surface area contributed by atoms with Crippen molar-refractivity contribution >= 4 is 85.8 Å². The molecular formula is C43H29N3S. The number of hydrogen-bond donors (Lipinski definition) is 0. The fourth-order valence-corrected chi connectivity index (χ4v) is 8.86. The normalized spacial score (nSPS) is 14.6. The Morgan fingerprint density at radius 1 is 0.617 bits per heavy atom. The third-order valence-corrected chi connectivity index (χ3v) is 10.7. The number of aryl methyl sites for hydroxylation is 3. The molecule has 0 radical (unpaired) electrons. The topological polar surface area (TPSA) is 30.7 Å². The van der Waals surface area contributed by atoms with Gasteiger partial charge in [0.2, 0.25) is 5.95 Å². The molecule has 0 aliphatic heterocycles. The summed E-state index contributed by atoms with van der Waals surface area (Å²) in [5, 5.41) is 9.75. The van der Waals surface area contributed by atoms with Crippen LogP contribution in [0.1, 0.15) is 24.9 Å². The van der Waals surface area contributed by atoms with Gasteiger partial charge >= 0.3 is 0 Å². The number of aromatic nitrogens is 3. The quantitative estimate of drug-likeness (QED) is 0.191. The Morgan fingerprint density at radius 2 is 1.32 bits per heavy atom. The molecule has 0 aliphatic carbocycles. The van der Waals surface area contributed by atoms with Gasteiger partial charge in [0, 0.05) is 45.4 Å². The second-order valence-electron chi connectivity index (χ2n) is 12.2. The maximum absolute atomic E-state index is 8.58. The molecule has 47 heavy (non-hydrogen) atoms. The van der Waals surface area contributed by atoms with Gasteiger partial charge in [-0.05, 0) is 71.5 Å². The van der Waals surface area contributed by atoms with Crippen molar-refractivity contribution in [1.29, 1.82) is 0 Å². The van der Waals surface area contributed by atoms with Crippen molar-refractivity contribution in [3.63, 3.8) is 0 Å². The summed E-state index contributed by atoms with van der Waals surface area (Å²) < 4.78 is 54.5. The van der Waals surface area contributed by atoms with Gasteiger partial charge in [-0.15, -0.1) is 11.3 Å². The highest BCUT2D eigenvalue weighted by atomic mass is 32.1. The van der Waals surface area contributed by atoms with Gasteiger partial charge in [0.25, 0.3) is 0 Å². The zero-order chi connectivity index (χ0) is 36.4. The summed E-state index contributed by atoms with van der Waals surface area (Å²) in [5.41, 5.74) is 3.84. The van der Waals surface area contributed by atoms with E-state index in [0.717, 1.165) is 42.7 Å². The van der Waals surface area contributed by atoms with Crippen LogP contribution < -0.4 is 0 Å². The molecule has 0 N–H and O–H groups in total. The van der Waals surface area contributed by atoms with E-state index in [0.29, 0.717) is 33.7 Å². The van der Waals surface area contributed by atoms with E-state index < -0.39 is 13.7 Å². The van der Waals surface area contributed by atoms with Crippen LogP contribution in [-0.4, -0.2) is 14.5 Å². The third kappa shape index (κ3) is 3.67. The maximum atomic E-state index is 8.58. The summed E-state index contributed by atoms with van der Waals surface area (Å²) in [7, 11) is 0. The smallest absolute Gasteiger partial charge is 0.235 e. The average molecular weight is 626 g/mol. The van der Waals surface area contributed by atoms with Crippen molar-refractivity contribution in [2.24, 2.45) is 0 Å². The molecule has 0 unspecified atom stereocenters. The molecule has 0 spiro atoms. The van der Waals surface area contributed by atoms with E-state index in [2.05, 4.69) is 89.5 Å². The predicted molar refractivity (Wildman–Crippen MR) is 201 cm³/mol. The molecule has 0 bridgehead atoms. The van der Waals surface area contributed by atoms with Gasteiger partial charge in [-0.25, -0.2) is 9.97 Å². The van der Waals surface area contributed by atoms with E-state index in [1.165, 1.54) is 26.9 Å². The molecule has 10 rings (SSSR count). The number of nitrogens with zero attached hydrogens (tertiary/aromatic N) is 3. The number of rotatable bonds is 2. The number of hydrogen-bond acceptors (Lipinski definition) is 3. The van der Waals surface area contributed by atoms with Crippen LogP contribution in [0.2, 0.25) is 0 Å². The maximum Gasteiger partial charge on any atom is 0.235 e. The highest BCUT2D eigenvalue weighted by molar-refractivity contribution is 7.27. The van der Waals surface area contributed by atoms with Crippen LogP contribution in [0.4, 0.5) is 0 Å². The van der Waals surface area contributed by atoms with Crippen LogP contribution in [0.25, 0.3) is 91.6 Å². The standard InChI is InChI=1S/C43H29N3S/c1-24-22-25(2)36(26(3)23-24)40-31-16-8-10-18-33(31)44-43(45-40)46-34-21-20-27-12-4-5-13-28(27)38(34)39-30-15-7-6-14-29(30)37-32-17-9-11-19-35(32)47-42(37)41(39)46/h4-23H,1-3H3/i1D3,2D3. The van der Waals surface area contributed by atoms with Crippen molar-refractivity contribution in [2.75, 3.05) is 0 Å². The van der Waals surface area contributed by atoms with Gasteiger partial charge in [-0.3, -0.25) is 4.57 Å². The van der Waals surface area contributed by atoms with Crippen molar-refractivity contribution < 1.29 is 8.22 Å².